The molecule has 3 heterocycles. The second-order valence-electron chi connectivity index (χ2n) is 4.85. The topological polar surface area (TPSA) is 53.4 Å². The number of rotatable bonds is 3. The van der Waals surface area contributed by atoms with Gasteiger partial charge in [0.25, 0.3) is 0 Å². The van der Waals surface area contributed by atoms with Gasteiger partial charge in [0.05, 0.1) is 11.7 Å². The average Bonchev–Trinajstić information content (AvgIpc) is 3.05. The van der Waals surface area contributed by atoms with Gasteiger partial charge in [0, 0.05) is 11.4 Å². The molecule has 0 saturated carbocycles. The van der Waals surface area contributed by atoms with Gasteiger partial charge in [-0.15, -0.1) is 11.3 Å². The van der Waals surface area contributed by atoms with Gasteiger partial charge in [-0.2, -0.15) is 0 Å². The number of fused-ring (bicyclic) bond motifs is 1. The minimum atomic E-state index is -0.869. The number of aromatic nitrogens is 1. The lowest BCUT2D eigenvalue weighted by Crippen LogP contribution is -2.32. The summed E-state index contributed by atoms with van der Waals surface area (Å²) in [5.41, 5.74) is 2.05. The lowest BCUT2D eigenvalue weighted by Gasteiger charge is -2.33. The highest BCUT2D eigenvalue weighted by Gasteiger charge is 2.28. The lowest BCUT2D eigenvalue weighted by molar-refractivity contribution is 0.0701. The van der Waals surface area contributed by atoms with Gasteiger partial charge in [-0.3, -0.25) is 0 Å². The van der Waals surface area contributed by atoms with Gasteiger partial charge in [-0.05, 0) is 36.8 Å². The third-order valence-electron chi connectivity index (χ3n) is 3.74. The van der Waals surface area contributed by atoms with Crippen molar-refractivity contribution in [2.75, 3.05) is 11.4 Å². The molecule has 106 valence electrons. The maximum absolute atomic E-state index is 11.3. The molecular formula is C14H16N2O2S2. The van der Waals surface area contributed by atoms with Crippen LogP contribution in [-0.2, 0) is 12.8 Å². The summed E-state index contributed by atoms with van der Waals surface area (Å²) < 4.78 is 0. The Morgan fingerprint density at radius 2 is 2.40 bits per heavy atom. The Morgan fingerprint density at radius 1 is 1.60 bits per heavy atom. The van der Waals surface area contributed by atoms with E-state index in [2.05, 4.69) is 28.3 Å². The SMILES string of the molecule is CCc1nc(N2CCc3sccc3C2C)sc1C(=O)O. The molecule has 1 aliphatic heterocycles. The zero-order valence-electron chi connectivity index (χ0n) is 11.4. The van der Waals surface area contributed by atoms with Crippen LogP contribution in [0.25, 0.3) is 0 Å². The van der Waals surface area contributed by atoms with Crippen molar-refractivity contribution >= 4 is 33.8 Å². The Bertz CT molecular complexity index is 647. The highest BCUT2D eigenvalue weighted by molar-refractivity contribution is 7.17. The van der Waals surface area contributed by atoms with E-state index in [1.807, 2.05) is 6.92 Å². The number of carbonyl (C=O) groups is 1. The molecule has 0 bridgehead atoms. The van der Waals surface area contributed by atoms with Gasteiger partial charge in [0.2, 0.25) is 0 Å². The Labute approximate surface area is 125 Å². The molecule has 1 aliphatic rings. The van der Waals surface area contributed by atoms with Crippen molar-refractivity contribution in [3.8, 4) is 0 Å². The number of carboxylic acid groups (broad SMARTS) is 1. The van der Waals surface area contributed by atoms with E-state index in [1.165, 1.54) is 21.8 Å². The standard InChI is InChI=1S/C14H16N2O2S2/c1-3-10-12(13(17)18)20-14(15-10)16-6-4-11-9(8(16)2)5-7-19-11/h5,7-8H,3-4,6H2,1-2H3,(H,17,18). The van der Waals surface area contributed by atoms with Crippen LogP contribution in [0.5, 0.6) is 0 Å². The van der Waals surface area contributed by atoms with Crippen molar-refractivity contribution in [1.29, 1.82) is 0 Å². The number of thiophene rings is 1. The minimum Gasteiger partial charge on any atom is -0.477 e. The molecule has 1 unspecified atom stereocenters. The second kappa shape index (κ2) is 5.18. The number of carboxylic acids is 1. The number of hydrogen-bond donors (Lipinski definition) is 1. The first kappa shape index (κ1) is 13.6. The van der Waals surface area contributed by atoms with E-state index in [-0.39, 0.29) is 6.04 Å². The summed E-state index contributed by atoms with van der Waals surface area (Å²) in [6.45, 7) is 5.02. The molecule has 0 aromatic carbocycles. The molecule has 2 aromatic heterocycles. The maximum Gasteiger partial charge on any atom is 0.347 e. The fourth-order valence-corrected chi connectivity index (χ4v) is 4.70. The van der Waals surface area contributed by atoms with Crippen LogP contribution < -0.4 is 4.90 Å². The highest BCUT2D eigenvalue weighted by Crippen LogP contribution is 2.38. The van der Waals surface area contributed by atoms with E-state index >= 15 is 0 Å². The van der Waals surface area contributed by atoms with Crippen molar-refractivity contribution in [2.45, 2.75) is 32.7 Å². The fraction of sp³-hybridized carbons (Fsp3) is 0.429. The molecule has 1 atom stereocenters. The number of thiazole rings is 1. The van der Waals surface area contributed by atoms with Gasteiger partial charge in [-0.1, -0.05) is 18.3 Å². The summed E-state index contributed by atoms with van der Waals surface area (Å²) in [6.07, 6.45) is 1.67. The molecule has 6 heteroatoms. The van der Waals surface area contributed by atoms with Crippen molar-refractivity contribution in [3.63, 3.8) is 0 Å². The second-order valence-corrected chi connectivity index (χ2v) is 6.83. The maximum atomic E-state index is 11.3. The molecule has 0 spiro atoms. The lowest BCUT2D eigenvalue weighted by atomic mass is 10.0. The van der Waals surface area contributed by atoms with E-state index in [1.54, 1.807) is 11.3 Å². The third kappa shape index (κ3) is 2.13. The Kier molecular flexibility index (Phi) is 3.52. The number of aryl methyl sites for hydroxylation is 1. The third-order valence-corrected chi connectivity index (χ3v) is 5.86. The minimum absolute atomic E-state index is 0.266. The number of nitrogens with zero attached hydrogens (tertiary/aromatic N) is 2. The van der Waals surface area contributed by atoms with Gasteiger partial charge in [0.15, 0.2) is 5.13 Å². The van der Waals surface area contributed by atoms with Gasteiger partial charge >= 0.3 is 5.97 Å². The summed E-state index contributed by atoms with van der Waals surface area (Å²) in [5.74, 6) is -0.869. The zero-order chi connectivity index (χ0) is 14.3. The highest BCUT2D eigenvalue weighted by atomic mass is 32.1. The van der Waals surface area contributed by atoms with Crippen molar-refractivity contribution in [2.24, 2.45) is 0 Å². The largest absolute Gasteiger partial charge is 0.477 e. The van der Waals surface area contributed by atoms with E-state index < -0.39 is 5.97 Å². The summed E-state index contributed by atoms with van der Waals surface area (Å²) in [5, 5.41) is 12.2. The van der Waals surface area contributed by atoms with Crippen LogP contribution in [0.15, 0.2) is 11.4 Å². The first-order valence-corrected chi connectivity index (χ1v) is 8.37. The van der Waals surface area contributed by atoms with Crippen LogP contribution in [0.2, 0.25) is 0 Å². The van der Waals surface area contributed by atoms with Crippen molar-refractivity contribution in [3.05, 3.63) is 32.5 Å². The van der Waals surface area contributed by atoms with E-state index in [0.717, 1.165) is 18.1 Å². The Hall–Kier alpha value is -1.40. The Morgan fingerprint density at radius 3 is 3.05 bits per heavy atom. The molecule has 0 amide bonds. The van der Waals surface area contributed by atoms with Crippen LogP contribution >= 0.6 is 22.7 Å². The zero-order valence-corrected chi connectivity index (χ0v) is 13.1. The molecule has 0 radical (unpaired) electrons. The van der Waals surface area contributed by atoms with Crippen molar-refractivity contribution in [1.82, 2.24) is 4.98 Å². The predicted octanol–water partition coefficient (Wildman–Crippen LogP) is 3.59. The quantitative estimate of drug-likeness (QED) is 0.941. The number of hydrogen-bond acceptors (Lipinski definition) is 5. The normalized spacial score (nSPS) is 18.1. The van der Waals surface area contributed by atoms with Gasteiger partial charge in [-0.25, -0.2) is 9.78 Å². The molecule has 0 aliphatic carbocycles. The average molecular weight is 308 g/mol. The molecule has 0 fully saturated rings. The molecule has 20 heavy (non-hydrogen) atoms. The fourth-order valence-electron chi connectivity index (χ4n) is 2.64. The number of aromatic carboxylic acids is 1. The first-order valence-electron chi connectivity index (χ1n) is 6.67. The van der Waals surface area contributed by atoms with Gasteiger partial charge < -0.3 is 10.0 Å². The van der Waals surface area contributed by atoms with Crippen LogP contribution in [0, 0.1) is 0 Å². The molecule has 4 nitrogen and oxygen atoms in total. The van der Waals surface area contributed by atoms with Crippen LogP contribution in [0.4, 0.5) is 5.13 Å². The molecule has 2 aromatic rings. The molecule has 3 rings (SSSR count). The summed E-state index contributed by atoms with van der Waals surface area (Å²) in [7, 11) is 0. The smallest absolute Gasteiger partial charge is 0.347 e. The predicted molar refractivity (Wildman–Crippen MR) is 82.2 cm³/mol. The van der Waals surface area contributed by atoms with Crippen LogP contribution in [0.3, 0.4) is 0 Å². The van der Waals surface area contributed by atoms with Crippen molar-refractivity contribution < 1.29 is 9.90 Å². The van der Waals surface area contributed by atoms with E-state index in [4.69, 9.17) is 0 Å². The van der Waals surface area contributed by atoms with E-state index in [9.17, 15) is 9.90 Å². The van der Waals surface area contributed by atoms with Gasteiger partial charge in [0.1, 0.15) is 4.88 Å². The number of anilines is 1. The summed E-state index contributed by atoms with van der Waals surface area (Å²) >= 11 is 3.10. The summed E-state index contributed by atoms with van der Waals surface area (Å²) in [6, 6.07) is 2.44. The summed E-state index contributed by atoms with van der Waals surface area (Å²) in [4.78, 5) is 19.9. The van der Waals surface area contributed by atoms with Crippen LogP contribution in [0.1, 0.15) is 45.7 Å². The first-order chi connectivity index (χ1) is 9.61. The molecule has 0 saturated heterocycles. The van der Waals surface area contributed by atoms with Crippen LogP contribution in [-0.4, -0.2) is 22.6 Å². The molecular weight excluding hydrogens is 292 g/mol. The van der Waals surface area contributed by atoms with E-state index in [0.29, 0.717) is 17.0 Å². The Balaban J connectivity index is 1.96. The molecule has 1 N–H and O–H groups in total. The monoisotopic (exact) mass is 308 g/mol.